The van der Waals surface area contributed by atoms with Gasteiger partial charge in [0, 0.05) is 19.6 Å². The van der Waals surface area contributed by atoms with Crippen molar-refractivity contribution in [1.82, 2.24) is 4.90 Å². The fourth-order valence-corrected chi connectivity index (χ4v) is 2.94. The molecule has 0 saturated heterocycles. The molecule has 0 spiro atoms. The first kappa shape index (κ1) is 17.0. The molecule has 122 valence electrons. The van der Waals surface area contributed by atoms with E-state index in [-0.39, 0.29) is 18.6 Å². The maximum absolute atomic E-state index is 12.3. The molecule has 1 amide bonds. The maximum atomic E-state index is 12.3. The van der Waals surface area contributed by atoms with Crippen LogP contribution in [0, 0.1) is 0 Å². The van der Waals surface area contributed by atoms with Crippen LogP contribution in [0.4, 0.5) is 0 Å². The number of nitrogens with two attached hydrogens (primary N) is 1. The molecule has 0 heterocycles. The van der Waals surface area contributed by atoms with E-state index in [9.17, 15) is 4.79 Å². The number of rotatable bonds is 8. The minimum absolute atomic E-state index is 0.0620. The van der Waals surface area contributed by atoms with Crippen LogP contribution in [-0.4, -0.2) is 43.2 Å². The zero-order valence-electron chi connectivity index (χ0n) is 13.4. The van der Waals surface area contributed by atoms with Gasteiger partial charge >= 0.3 is 0 Å². The summed E-state index contributed by atoms with van der Waals surface area (Å²) in [5.41, 5.74) is 6.88. The largest absolute Gasteiger partial charge is 0.368 e. The second-order valence-electron chi connectivity index (χ2n) is 5.98. The maximum Gasteiger partial charge on any atom is 0.248 e. The molecular formula is C18H28N2O2. The Kier molecular flexibility index (Phi) is 7.40. The van der Waals surface area contributed by atoms with Crippen LogP contribution in [0.2, 0.25) is 0 Å². The molecular weight excluding hydrogens is 276 g/mol. The summed E-state index contributed by atoms with van der Waals surface area (Å²) in [5.74, 6) is 0.0620. The zero-order valence-corrected chi connectivity index (χ0v) is 13.4. The highest BCUT2D eigenvalue weighted by Gasteiger charge is 2.18. The quantitative estimate of drug-likeness (QED) is 0.802. The average Bonchev–Trinajstić information content (AvgIpc) is 2.58. The predicted octanol–water partition coefficient (Wildman–Crippen LogP) is 2.37. The summed E-state index contributed by atoms with van der Waals surface area (Å²) < 4.78 is 5.79. The fraction of sp³-hybridized carbons (Fsp3) is 0.611. The Hall–Kier alpha value is -1.39. The van der Waals surface area contributed by atoms with Crippen molar-refractivity contribution in [2.45, 2.75) is 44.6 Å². The Morgan fingerprint density at radius 2 is 1.86 bits per heavy atom. The van der Waals surface area contributed by atoms with Gasteiger partial charge in [0.1, 0.15) is 6.61 Å². The van der Waals surface area contributed by atoms with Crippen molar-refractivity contribution in [2.75, 3.05) is 26.2 Å². The minimum atomic E-state index is 0.0620. The number of carbonyl (C=O) groups is 1. The lowest BCUT2D eigenvalue weighted by Gasteiger charge is -2.25. The van der Waals surface area contributed by atoms with E-state index < -0.39 is 0 Å². The van der Waals surface area contributed by atoms with Crippen LogP contribution >= 0.6 is 0 Å². The lowest BCUT2D eigenvalue weighted by Crippen LogP contribution is -2.40. The summed E-state index contributed by atoms with van der Waals surface area (Å²) in [6, 6.07) is 10.2. The van der Waals surface area contributed by atoms with Gasteiger partial charge in [-0.25, -0.2) is 0 Å². The highest BCUT2D eigenvalue weighted by molar-refractivity contribution is 5.77. The highest BCUT2D eigenvalue weighted by atomic mass is 16.5. The number of nitrogens with zero attached hydrogens (tertiary/aromatic N) is 1. The van der Waals surface area contributed by atoms with Crippen LogP contribution in [-0.2, 0) is 16.0 Å². The first-order valence-electron chi connectivity index (χ1n) is 8.43. The minimum Gasteiger partial charge on any atom is -0.368 e. The van der Waals surface area contributed by atoms with Gasteiger partial charge in [0.05, 0.1) is 6.10 Å². The Morgan fingerprint density at radius 3 is 2.55 bits per heavy atom. The lowest BCUT2D eigenvalue weighted by molar-refractivity contribution is -0.138. The number of amides is 1. The Balaban J connectivity index is 1.77. The molecule has 4 nitrogen and oxygen atoms in total. The van der Waals surface area contributed by atoms with Crippen molar-refractivity contribution < 1.29 is 9.53 Å². The van der Waals surface area contributed by atoms with Crippen molar-refractivity contribution in [2.24, 2.45) is 5.73 Å². The van der Waals surface area contributed by atoms with Gasteiger partial charge in [-0.05, 0) is 24.8 Å². The predicted molar refractivity (Wildman–Crippen MR) is 88.6 cm³/mol. The molecule has 0 radical (unpaired) electrons. The van der Waals surface area contributed by atoms with Crippen LogP contribution in [0.3, 0.4) is 0 Å². The van der Waals surface area contributed by atoms with Gasteiger partial charge in [-0.3, -0.25) is 4.79 Å². The molecule has 0 unspecified atom stereocenters. The first-order valence-corrected chi connectivity index (χ1v) is 8.43. The van der Waals surface area contributed by atoms with E-state index in [4.69, 9.17) is 10.5 Å². The van der Waals surface area contributed by atoms with Gasteiger partial charge in [-0.15, -0.1) is 0 Å². The number of benzene rings is 1. The van der Waals surface area contributed by atoms with Crippen molar-refractivity contribution in [1.29, 1.82) is 0 Å². The molecule has 22 heavy (non-hydrogen) atoms. The smallest absolute Gasteiger partial charge is 0.248 e. The summed E-state index contributed by atoms with van der Waals surface area (Å²) in [7, 11) is 0. The second-order valence-corrected chi connectivity index (χ2v) is 5.98. The molecule has 2 N–H and O–H groups in total. The molecule has 1 saturated carbocycles. The van der Waals surface area contributed by atoms with E-state index in [1.165, 1.54) is 24.8 Å². The zero-order chi connectivity index (χ0) is 15.6. The molecule has 2 rings (SSSR count). The van der Waals surface area contributed by atoms with Crippen LogP contribution in [0.5, 0.6) is 0 Å². The SMILES string of the molecule is NCCN(CCc1ccccc1)C(=O)COC1CCCCC1. The van der Waals surface area contributed by atoms with Crippen LogP contribution in [0.25, 0.3) is 0 Å². The summed E-state index contributed by atoms with van der Waals surface area (Å²) in [5, 5.41) is 0. The standard InChI is InChI=1S/C18H28N2O2/c19-12-14-20(13-11-16-7-3-1-4-8-16)18(21)15-22-17-9-5-2-6-10-17/h1,3-4,7-8,17H,2,5-6,9-15,19H2. The summed E-state index contributed by atoms with van der Waals surface area (Å²) in [6.45, 7) is 1.98. The fourth-order valence-electron chi connectivity index (χ4n) is 2.94. The second kappa shape index (κ2) is 9.59. The average molecular weight is 304 g/mol. The molecule has 4 heteroatoms. The Bertz CT molecular complexity index is 430. The van der Waals surface area contributed by atoms with Gasteiger partial charge in [0.15, 0.2) is 0 Å². The van der Waals surface area contributed by atoms with Crippen LogP contribution < -0.4 is 5.73 Å². The van der Waals surface area contributed by atoms with Gasteiger partial charge in [0.25, 0.3) is 0 Å². The molecule has 0 bridgehead atoms. The monoisotopic (exact) mass is 304 g/mol. The van der Waals surface area contributed by atoms with Crippen molar-refractivity contribution in [3.63, 3.8) is 0 Å². The van der Waals surface area contributed by atoms with Crippen molar-refractivity contribution >= 4 is 5.91 Å². The van der Waals surface area contributed by atoms with Gasteiger partial charge in [-0.1, -0.05) is 49.6 Å². The van der Waals surface area contributed by atoms with Gasteiger partial charge in [0.2, 0.25) is 5.91 Å². The molecule has 0 aromatic heterocycles. The van der Waals surface area contributed by atoms with Gasteiger partial charge < -0.3 is 15.4 Å². The van der Waals surface area contributed by atoms with E-state index in [1.54, 1.807) is 0 Å². The molecule has 1 aromatic carbocycles. The van der Waals surface area contributed by atoms with E-state index in [0.717, 1.165) is 19.3 Å². The van der Waals surface area contributed by atoms with E-state index >= 15 is 0 Å². The molecule has 0 atom stereocenters. The van der Waals surface area contributed by atoms with Crippen LogP contribution in [0.15, 0.2) is 30.3 Å². The first-order chi connectivity index (χ1) is 10.8. The summed E-state index contributed by atoms with van der Waals surface area (Å²) in [4.78, 5) is 14.2. The Labute approximate surface area is 133 Å². The number of carbonyl (C=O) groups excluding carboxylic acids is 1. The molecule has 1 fully saturated rings. The molecule has 1 aliphatic carbocycles. The molecule has 1 aliphatic rings. The highest BCUT2D eigenvalue weighted by Crippen LogP contribution is 2.20. The van der Waals surface area contributed by atoms with Crippen LogP contribution in [0.1, 0.15) is 37.7 Å². The topological polar surface area (TPSA) is 55.6 Å². The van der Waals surface area contributed by atoms with E-state index in [0.29, 0.717) is 19.6 Å². The Morgan fingerprint density at radius 1 is 1.14 bits per heavy atom. The van der Waals surface area contributed by atoms with Gasteiger partial charge in [-0.2, -0.15) is 0 Å². The number of hydrogen-bond acceptors (Lipinski definition) is 3. The van der Waals surface area contributed by atoms with E-state index in [2.05, 4.69) is 12.1 Å². The normalized spacial score (nSPS) is 15.7. The summed E-state index contributed by atoms with van der Waals surface area (Å²) in [6.07, 6.45) is 7.05. The van der Waals surface area contributed by atoms with Crippen molar-refractivity contribution in [3.05, 3.63) is 35.9 Å². The number of hydrogen-bond donors (Lipinski definition) is 1. The molecule has 1 aromatic rings. The third kappa shape index (κ3) is 5.78. The lowest BCUT2D eigenvalue weighted by atomic mass is 9.98. The van der Waals surface area contributed by atoms with E-state index in [1.807, 2.05) is 23.1 Å². The molecule has 0 aliphatic heterocycles. The third-order valence-electron chi connectivity index (χ3n) is 4.26. The van der Waals surface area contributed by atoms with Crippen molar-refractivity contribution in [3.8, 4) is 0 Å². The number of ether oxygens (including phenoxy) is 1. The summed E-state index contributed by atoms with van der Waals surface area (Å²) >= 11 is 0. The third-order valence-corrected chi connectivity index (χ3v) is 4.26.